The van der Waals surface area contributed by atoms with Crippen LogP contribution in [-0.4, -0.2) is 18.7 Å². The number of hydrogen-bond donors (Lipinski definition) is 1. The molecule has 1 aliphatic carbocycles. The molecule has 1 saturated carbocycles. The molecule has 2 atom stereocenters. The summed E-state index contributed by atoms with van der Waals surface area (Å²) in [6.07, 6.45) is 6.49. The smallest absolute Gasteiger partial charge is 0.122 e. The Balaban J connectivity index is 1.47. The van der Waals surface area contributed by atoms with Crippen LogP contribution in [0.4, 0.5) is 0 Å². The van der Waals surface area contributed by atoms with Gasteiger partial charge in [-0.1, -0.05) is 12.1 Å². The van der Waals surface area contributed by atoms with Gasteiger partial charge in [-0.05, 0) is 82.0 Å². The van der Waals surface area contributed by atoms with Crippen LogP contribution in [0.25, 0.3) is 0 Å². The summed E-state index contributed by atoms with van der Waals surface area (Å²) < 4.78 is 5.58. The average molecular weight is 287 g/mol. The molecule has 0 amide bonds. The molecule has 1 fully saturated rings. The van der Waals surface area contributed by atoms with Gasteiger partial charge in [0.1, 0.15) is 5.75 Å². The molecule has 0 spiro atoms. The van der Waals surface area contributed by atoms with Crippen molar-refractivity contribution in [2.24, 2.45) is 11.8 Å². The number of benzene rings is 1. The minimum Gasteiger partial charge on any atom is -0.493 e. The lowest BCUT2D eigenvalue weighted by Gasteiger charge is -2.39. The van der Waals surface area contributed by atoms with E-state index in [0.717, 1.165) is 30.6 Å². The Labute approximate surface area is 129 Å². The third-order valence-electron chi connectivity index (χ3n) is 5.03. The quantitative estimate of drug-likeness (QED) is 0.885. The lowest BCUT2D eigenvalue weighted by molar-refractivity contribution is 0.150. The number of ether oxygens (including phenoxy) is 1. The molecule has 1 aromatic carbocycles. The van der Waals surface area contributed by atoms with Crippen molar-refractivity contribution in [2.75, 3.05) is 13.2 Å². The standard InChI is InChI=1S/C19H29NO/c1-19(2,3)20-13-17-8-7-15(17)6-4-14-5-9-18-16(12-14)10-11-21-18/h5,9,12,15,17,20H,4,6-8,10-11,13H2,1-3H3. The summed E-state index contributed by atoms with van der Waals surface area (Å²) >= 11 is 0. The van der Waals surface area contributed by atoms with Gasteiger partial charge in [0, 0.05) is 12.0 Å². The van der Waals surface area contributed by atoms with E-state index in [2.05, 4.69) is 44.3 Å². The van der Waals surface area contributed by atoms with Crippen molar-refractivity contribution >= 4 is 0 Å². The van der Waals surface area contributed by atoms with E-state index in [4.69, 9.17) is 4.74 Å². The van der Waals surface area contributed by atoms with Crippen molar-refractivity contribution in [1.29, 1.82) is 0 Å². The minimum atomic E-state index is 0.250. The minimum absolute atomic E-state index is 0.250. The van der Waals surface area contributed by atoms with E-state index in [1.54, 1.807) is 0 Å². The molecule has 21 heavy (non-hydrogen) atoms. The summed E-state index contributed by atoms with van der Waals surface area (Å²) in [6.45, 7) is 8.82. The third-order valence-corrected chi connectivity index (χ3v) is 5.03. The maximum absolute atomic E-state index is 5.58. The molecule has 1 N–H and O–H groups in total. The van der Waals surface area contributed by atoms with Gasteiger partial charge in [0.15, 0.2) is 0 Å². The fourth-order valence-electron chi connectivity index (χ4n) is 3.47. The van der Waals surface area contributed by atoms with Gasteiger partial charge in [0.25, 0.3) is 0 Å². The summed E-state index contributed by atoms with van der Waals surface area (Å²) in [5, 5.41) is 3.67. The number of aryl methyl sites for hydroxylation is 1. The molecule has 0 saturated heterocycles. The molecule has 116 valence electrons. The van der Waals surface area contributed by atoms with Crippen LogP contribution in [0.15, 0.2) is 18.2 Å². The molecular weight excluding hydrogens is 258 g/mol. The van der Waals surface area contributed by atoms with Gasteiger partial charge >= 0.3 is 0 Å². The lowest BCUT2D eigenvalue weighted by Crippen LogP contribution is -2.43. The Hall–Kier alpha value is -1.02. The zero-order chi connectivity index (χ0) is 14.9. The van der Waals surface area contributed by atoms with Crippen LogP contribution in [0.2, 0.25) is 0 Å². The van der Waals surface area contributed by atoms with Gasteiger partial charge in [-0.3, -0.25) is 0 Å². The molecule has 0 bridgehead atoms. The predicted octanol–water partition coefficient (Wildman–Crippen LogP) is 3.97. The van der Waals surface area contributed by atoms with Crippen molar-refractivity contribution in [1.82, 2.24) is 5.32 Å². The second kappa shape index (κ2) is 6.00. The normalized spacial score (nSPS) is 24.3. The van der Waals surface area contributed by atoms with Crippen LogP contribution in [-0.2, 0) is 12.8 Å². The van der Waals surface area contributed by atoms with Crippen LogP contribution < -0.4 is 10.1 Å². The van der Waals surface area contributed by atoms with Gasteiger partial charge in [-0.25, -0.2) is 0 Å². The highest BCUT2D eigenvalue weighted by Crippen LogP contribution is 2.37. The van der Waals surface area contributed by atoms with Crippen LogP contribution >= 0.6 is 0 Å². The van der Waals surface area contributed by atoms with Gasteiger partial charge in [-0.2, -0.15) is 0 Å². The second-order valence-corrected chi connectivity index (χ2v) is 7.81. The van der Waals surface area contributed by atoms with Gasteiger partial charge in [0.2, 0.25) is 0 Å². The maximum atomic E-state index is 5.58. The van der Waals surface area contributed by atoms with Crippen molar-refractivity contribution < 1.29 is 4.74 Å². The summed E-state index contributed by atoms with van der Waals surface area (Å²) in [6, 6.07) is 6.78. The van der Waals surface area contributed by atoms with Gasteiger partial charge < -0.3 is 10.1 Å². The molecule has 0 radical (unpaired) electrons. The topological polar surface area (TPSA) is 21.3 Å². The Morgan fingerprint density at radius 2 is 2.00 bits per heavy atom. The Morgan fingerprint density at radius 3 is 2.71 bits per heavy atom. The van der Waals surface area contributed by atoms with Crippen LogP contribution in [0.3, 0.4) is 0 Å². The van der Waals surface area contributed by atoms with Gasteiger partial charge in [-0.15, -0.1) is 0 Å². The number of hydrogen-bond acceptors (Lipinski definition) is 2. The van der Waals surface area contributed by atoms with E-state index in [0.29, 0.717) is 0 Å². The van der Waals surface area contributed by atoms with Crippen LogP contribution in [0, 0.1) is 11.8 Å². The van der Waals surface area contributed by atoms with Crippen LogP contribution in [0.5, 0.6) is 5.75 Å². The number of nitrogens with one attached hydrogen (secondary N) is 1. The fraction of sp³-hybridized carbons (Fsp3) is 0.684. The fourth-order valence-corrected chi connectivity index (χ4v) is 3.47. The lowest BCUT2D eigenvalue weighted by atomic mass is 9.70. The van der Waals surface area contributed by atoms with E-state index in [1.807, 2.05) is 0 Å². The maximum Gasteiger partial charge on any atom is 0.122 e. The van der Waals surface area contributed by atoms with E-state index in [1.165, 1.54) is 43.4 Å². The number of rotatable bonds is 5. The third kappa shape index (κ3) is 3.79. The van der Waals surface area contributed by atoms with Crippen molar-refractivity contribution in [3.63, 3.8) is 0 Å². The summed E-state index contributed by atoms with van der Waals surface area (Å²) in [4.78, 5) is 0. The van der Waals surface area contributed by atoms with E-state index >= 15 is 0 Å². The SMILES string of the molecule is CC(C)(C)NCC1CCC1CCc1ccc2c(c1)CCO2. The van der Waals surface area contributed by atoms with Crippen molar-refractivity contribution in [3.05, 3.63) is 29.3 Å². The predicted molar refractivity (Wildman–Crippen MR) is 87.9 cm³/mol. The van der Waals surface area contributed by atoms with E-state index < -0.39 is 0 Å². The molecule has 1 aromatic rings. The molecule has 0 aromatic heterocycles. The van der Waals surface area contributed by atoms with E-state index in [9.17, 15) is 0 Å². The largest absolute Gasteiger partial charge is 0.493 e. The molecule has 2 unspecified atom stereocenters. The molecule has 1 heterocycles. The summed E-state index contributed by atoms with van der Waals surface area (Å²) in [7, 11) is 0. The highest BCUT2D eigenvalue weighted by atomic mass is 16.5. The van der Waals surface area contributed by atoms with E-state index in [-0.39, 0.29) is 5.54 Å². The number of fused-ring (bicyclic) bond motifs is 1. The zero-order valence-electron chi connectivity index (χ0n) is 13.7. The Kier molecular flexibility index (Phi) is 4.26. The first-order valence-corrected chi connectivity index (χ1v) is 8.51. The average Bonchev–Trinajstić information content (AvgIpc) is 2.83. The Bertz CT molecular complexity index is 489. The highest BCUT2D eigenvalue weighted by Gasteiger charge is 2.30. The monoisotopic (exact) mass is 287 g/mol. The molecule has 2 heteroatoms. The zero-order valence-corrected chi connectivity index (χ0v) is 13.7. The highest BCUT2D eigenvalue weighted by molar-refractivity contribution is 5.39. The molecular formula is C19H29NO. The van der Waals surface area contributed by atoms with Crippen molar-refractivity contribution in [3.8, 4) is 5.75 Å². The van der Waals surface area contributed by atoms with Crippen LogP contribution in [0.1, 0.15) is 51.2 Å². The first kappa shape index (κ1) is 14.9. The summed E-state index contributed by atoms with van der Waals surface area (Å²) in [5.41, 5.74) is 3.15. The Morgan fingerprint density at radius 1 is 1.19 bits per heavy atom. The molecule has 2 aliphatic rings. The van der Waals surface area contributed by atoms with Gasteiger partial charge in [0.05, 0.1) is 6.61 Å². The van der Waals surface area contributed by atoms with Crippen molar-refractivity contribution in [2.45, 2.75) is 58.4 Å². The molecule has 1 aliphatic heterocycles. The summed E-state index contributed by atoms with van der Waals surface area (Å²) in [5.74, 6) is 2.92. The second-order valence-electron chi connectivity index (χ2n) is 7.81. The first-order chi connectivity index (χ1) is 10.0. The first-order valence-electron chi connectivity index (χ1n) is 8.51. The molecule has 3 rings (SSSR count). The molecule has 2 nitrogen and oxygen atoms in total.